The highest BCUT2D eigenvalue weighted by molar-refractivity contribution is 5.77. The van der Waals surface area contributed by atoms with E-state index in [0.717, 1.165) is 6.42 Å². The molecular weight excluding hydrogens is 282 g/mol. The molecule has 22 heavy (non-hydrogen) atoms. The third kappa shape index (κ3) is 3.10. The van der Waals surface area contributed by atoms with Gasteiger partial charge in [0.15, 0.2) is 0 Å². The van der Waals surface area contributed by atoms with Crippen molar-refractivity contribution in [1.29, 1.82) is 0 Å². The number of hydrogen-bond donors (Lipinski definition) is 1. The zero-order chi connectivity index (χ0) is 16.3. The van der Waals surface area contributed by atoms with Gasteiger partial charge in [0.1, 0.15) is 0 Å². The van der Waals surface area contributed by atoms with E-state index in [2.05, 4.69) is 5.32 Å². The Kier molecular flexibility index (Phi) is 4.80. The van der Waals surface area contributed by atoms with Crippen LogP contribution in [0.15, 0.2) is 33.9 Å². The second kappa shape index (κ2) is 6.60. The maximum Gasteiger partial charge on any atom is 0.316 e. The van der Waals surface area contributed by atoms with Gasteiger partial charge in [0.05, 0.1) is 11.0 Å². The molecule has 0 saturated heterocycles. The molecule has 1 atom stereocenters. The number of carbonyl (C=O) groups is 1. The Hall–Kier alpha value is -2.37. The number of carbonyl (C=O) groups excluding carboxylic acids is 1. The largest absolute Gasteiger partial charge is 0.354 e. The van der Waals surface area contributed by atoms with Crippen molar-refractivity contribution >= 4 is 16.9 Å². The van der Waals surface area contributed by atoms with Crippen molar-refractivity contribution in [3.8, 4) is 0 Å². The van der Waals surface area contributed by atoms with Gasteiger partial charge in [-0.1, -0.05) is 19.1 Å². The van der Waals surface area contributed by atoms with E-state index >= 15 is 0 Å². The summed E-state index contributed by atoms with van der Waals surface area (Å²) in [5.41, 5.74) is 0.152. The lowest BCUT2D eigenvalue weighted by atomic mass is 10.2. The van der Waals surface area contributed by atoms with Gasteiger partial charge in [-0.05, 0) is 25.5 Å². The molecule has 118 valence electrons. The van der Waals surface area contributed by atoms with Gasteiger partial charge in [0, 0.05) is 26.1 Å². The Bertz CT molecular complexity index is 804. The normalized spacial score (nSPS) is 12.3. The number of amides is 1. The maximum atomic E-state index is 12.2. The van der Waals surface area contributed by atoms with Gasteiger partial charge >= 0.3 is 11.1 Å². The van der Waals surface area contributed by atoms with Crippen LogP contribution in [0.4, 0.5) is 0 Å². The van der Waals surface area contributed by atoms with Gasteiger partial charge in [-0.2, -0.15) is 0 Å². The average molecular weight is 303 g/mol. The van der Waals surface area contributed by atoms with Crippen LogP contribution in [0.1, 0.15) is 26.7 Å². The van der Waals surface area contributed by atoms with Gasteiger partial charge in [-0.3, -0.25) is 14.4 Å². The van der Waals surface area contributed by atoms with Crippen LogP contribution in [-0.2, 0) is 18.4 Å². The van der Waals surface area contributed by atoms with Gasteiger partial charge < -0.3 is 14.5 Å². The van der Waals surface area contributed by atoms with E-state index in [1.165, 1.54) is 9.13 Å². The van der Waals surface area contributed by atoms with Crippen molar-refractivity contribution in [2.24, 2.45) is 7.05 Å². The molecule has 1 N–H and O–H groups in total. The number of nitrogens with zero attached hydrogens (tertiary/aromatic N) is 2. The highest BCUT2D eigenvalue weighted by atomic mass is 16.2. The Morgan fingerprint density at radius 1 is 1.18 bits per heavy atom. The fourth-order valence-corrected chi connectivity index (χ4v) is 2.34. The highest BCUT2D eigenvalue weighted by Crippen LogP contribution is 2.09. The predicted octanol–water partition coefficient (Wildman–Crippen LogP) is 1.00. The molecule has 1 aromatic heterocycles. The molecule has 1 amide bonds. The SMILES string of the molecule is CC[C@H](C)NC(=O)CCn1c(=O)c(=O)n(C)c2ccccc21. The molecule has 0 spiro atoms. The summed E-state index contributed by atoms with van der Waals surface area (Å²) in [6.45, 7) is 4.11. The zero-order valence-corrected chi connectivity index (χ0v) is 13.1. The van der Waals surface area contributed by atoms with Crippen LogP contribution in [-0.4, -0.2) is 21.1 Å². The lowest BCUT2D eigenvalue weighted by molar-refractivity contribution is -0.121. The molecule has 0 bridgehead atoms. The van der Waals surface area contributed by atoms with Crippen molar-refractivity contribution < 1.29 is 4.79 Å². The number of aromatic nitrogens is 2. The third-order valence-electron chi connectivity index (χ3n) is 3.85. The van der Waals surface area contributed by atoms with Crippen molar-refractivity contribution in [2.45, 2.75) is 39.3 Å². The first-order chi connectivity index (χ1) is 10.5. The van der Waals surface area contributed by atoms with Crippen LogP contribution in [0.5, 0.6) is 0 Å². The van der Waals surface area contributed by atoms with E-state index < -0.39 is 11.1 Å². The van der Waals surface area contributed by atoms with E-state index in [0.29, 0.717) is 11.0 Å². The minimum Gasteiger partial charge on any atom is -0.354 e. The summed E-state index contributed by atoms with van der Waals surface area (Å²) in [6, 6.07) is 7.28. The smallest absolute Gasteiger partial charge is 0.316 e. The van der Waals surface area contributed by atoms with Crippen LogP contribution in [0, 0.1) is 0 Å². The van der Waals surface area contributed by atoms with Gasteiger partial charge in [-0.15, -0.1) is 0 Å². The monoisotopic (exact) mass is 303 g/mol. The molecule has 0 aliphatic heterocycles. The minimum absolute atomic E-state index is 0.101. The van der Waals surface area contributed by atoms with Crippen LogP contribution >= 0.6 is 0 Å². The fourth-order valence-electron chi connectivity index (χ4n) is 2.34. The van der Waals surface area contributed by atoms with Crippen LogP contribution < -0.4 is 16.4 Å². The number of nitrogens with one attached hydrogen (secondary N) is 1. The zero-order valence-electron chi connectivity index (χ0n) is 13.1. The van der Waals surface area contributed by atoms with Crippen molar-refractivity contribution in [3.63, 3.8) is 0 Å². The fraction of sp³-hybridized carbons (Fsp3) is 0.438. The number of rotatable bonds is 5. The molecule has 0 fully saturated rings. The lowest BCUT2D eigenvalue weighted by Crippen LogP contribution is -2.41. The van der Waals surface area contributed by atoms with E-state index in [9.17, 15) is 14.4 Å². The Morgan fingerprint density at radius 2 is 1.82 bits per heavy atom. The molecular formula is C16H21N3O3. The highest BCUT2D eigenvalue weighted by Gasteiger charge is 2.12. The summed E-state index contributed by atoms with van der Waals surface area (Å²) in [6.07, 6.45) is 1.02. The molecule has 0 unspecified atom stereocenters. The number of benzene rings is 1. The van der Waals surface area contributed by atoms with Crippen molar-refractivity contribution in [2.75, 3.05) is 0 Å². The quantitative estimate of drug-likeness (QED) is 0.838. The summed E-state index contributed by atoms with van der Waals surface area (Å²) < 4.78 is 2.72. The lowest BCUT2D eigenvalue weighted by Gasteiger charge is -2.14. The Morgan fingerprint density at radius 3 is 2.45 bits per heavy atom. The molecule has 0 saturated carbocycles. The topological polar surface area (TPSA) is 73.1 Å². The number of aryl methyl sites for hydroxylation is 2. The molecule has 0 aliphatic carbocycles. The third-order valence-corrected chi connectivity index (χ3v) is 3.85. The van der Waals surface area contributed by atoms with Crippen molar-refractivity contribution in [1.82, 2.24) is 14.5 Å². The van der Waals surface area contributed by atoms with Gasteiger partial charge in [0.25, 0.3) is 0 Å². The van der Waals surface area contributed by atoms with E-state index in [4.69, 9.17) is 0 Å². The molecule has 2 aromatic rings. The summed E-state index contributed by atoms with van der Waals surface area (Å²) in [4.78, 5) is 36.1. The van der Waals surface area contributed by atoms with Crippen LogP contribution in [0.2, 0.25) is 0 Å². The standard InChI is InChI=1S/C16H21N3O3/c1-4-11(2)17-14(20)9-10-19-13-8-6-5-7-12(13)18(3)15(21)16(19)22/h5-8,11H,4,9-10H2,1-3H3,(H,17,20)/t11-/m0/s1. The second-order valence-electron chi connectivity index (χ2n) is 5.44. The number of para-hydroxylation sites is 2. The molecule has 0 radical (unpaired) electrons. The van der Waals surface area contributed by atoms with E-state index in [-0.39, 0.29) is 24.9 Å². The molecule has 1 heterocycles. The second-order valence-corrected chi connectivity index (χ2v) is 5.44. The maximum absolute atomic E-state index is 12.2. The molecule has 6 heteroatoms. The number of hydrogen-bond acceptors (Lipinski definition) is 3. The molecule has 6 nitrogen and oxygen atoms in total. The van der Waals surface area contributed by atoms with Crippen LogP contribution in [0.25, 0.3) is 11.0 Å². The average Bonchev–Trinajstić information content (AvgIpc) is 2.52. The van der Waals surface area contributed by atoms with Crippen LogP contribution in [0.3, 0.4) is 0 Å². The Labute approximate surface area is 128 Å². The minimum atomic E-state index is -0.600. The summed E-state index contributed by atoms with van der Waals surface area (Å²) in [7, 11) is 1.58. The Balaban J connectivity index is 2.34. The van der Waals surface area contributed by atoms with Gasteiger partial charge in [0.2, 0.25) is 5.91 Å². The first-order valence-electron chi connectivity index (χ1n) is 7.43. The molecule has 1 aromatic carbocycles. The van der Waals surface area contributed by atoms with E-state index in [1.807, 2.05) is 26.0 Å². The first kappa shape index (κ1) is 16.0. The first-order valence-corrected chi connectivity index (χ1v) is 7.43. The predicted molar refractivity (Wildman–Crippen MR) is 86.0 cm³/mol. The molecule has 0 aliphatic rings. The molecule has 2 rings (SSSR count). The summed E-state index contributed by atoms with van der Waals surface area (Å²) >= 11 is 0. The number of fused-ring (bicyclic) bond motifs is 1. The summed E-state index contributed by atoms with van der Waals surface area (Å²) in [5, 5.41) is 2.86. The summed E-state index contributed by atoms with van der Waals surface area (Å²) in [5.74, 6) is -0.119. The van der Waals surface area contributed by atoms with Gasteiger partial charge in [-0.25, -0.2) is 0 Å². The van der Waals surface area contributed by atoms with E-state index in [1.54, 1.807) is 19.2 Å². The van der Waals surface area contributed by atoms with Crippen molar-refractivity contribution in [3.05, 3.63) is 45.0 Å².